The standard InChI is InChI=1S/C15H27NO3/c1-15(2)7-3-13(4-8-15)19-14(17)11-18-12-5-9-16-10-6-12/h12-13,16H,3-11H2,1-2H3. The lowest BCUT2D eigenvalue weighted by Crippen LogP contribution is -2.34. The maximum absolute atomic E-state index is 11.8. The van der Waals surface area contributed by atoms with Crippen molar-refractivity contribution in [2.75, 3.05) is 19.7 Å². The third kappa shape index (κ3) is 5.11. The number of hydrogen-bond acceptors (Lipinski definition) is 4. The number of rotatable bonds is 4. The Balaban J connectivity index is 1.61. The Labute approximate surface area is 116 Å². The third-order valence-corrected chi connectivity index (χ3v) is 4.31. The van der Waals surface area contributed by atoms with Crippen molar-refractivity contribution in [2.24, 2.45) is 5.41 Å². The Bertz CT molecular complexity index is 288. The summed E-state index contributed by atoms with van der Waals surface area (Å²) >= 11 is 0. The highest BCUT2D eigenvalue weighted by Crippen LogP contribution is 2.36. The first-order valence-electron chi connectivity index (χ1n) is 7.57. The molecule has 1 aliphatic heterocycles. The van der Waals surface area contributed by atoms with Crippen molar-refractivity contribution in [3.05, 3.63) is 0 Å². The molecule has 4 nitrogen and oxygen atoms in total. The zero-order valence-electron chi connectivity index (χ0n) is 12.2. The number of carbonyl (C=O) groups is 1. The van der Waals surface area contributed by atoms with Crippen molar-refractivity contribution in [1.29, 1.82) is 0 Å². The second-order valence-electron chi connectivity index (χ2n) is 6.61. The highest BCUT2D eigenvalue weighted by atomic mass is 16.6. The van der Waals surface area contributed by atoms with Gasteiger partial charge in [0.25, 0.3) is 0 Å². The summed E-state index contributed by atoms with van der Waals surface area (Å²) in [5.74, 6) is -0.191. The van der Waals surface area contributed by atoms with Crippen LogP contribution in [0.4, 0.5) is 0 Å². The van der Waals surface area contributed by atoms with Crippen molar-refractivity contribution >= 4 is 5.97 Å². The molecule has 110 valence electrons. The molecule has 4 heteroatoms. The van der Waals surface area contributed by atoms with Gasteiger partial charge in [0.05, 0.1) is 6.10 Å². The number of ether oxygens (including phenoxy) is 2. The number of nitrogens with one attached hydrogen (secondary N) is 1. The lowest BCUT2D eigenvalue weighted by molar-refractivity contribution is -0.159. The van der Waals surface area contributed by atoms with Gasteiger partial charge in [-0.1, -0.05) is 13.8 Å². The van der Waals surface area contributed by atoms with Gasteiger partial charge in [-0.25, -0.2) is 4.79 Å². The lowest BCUT2D eigenvalue weighted by atomic mass is 9.76. The number of hydrogen-bond donors (Lipinski definition) is 1. The van der Waals surface area contributed by atoms with Crippen LogP contribution in [-0.4, -0.2) is 37.9 Å². The molecule has 2 fully saturated rings. The van der Waals surface area contributed by atoms with Crippen LogP contribution in [0.2, 0.25) is 0 Å². The van der Waals surface area contributed by atoms with E-state index < -0.39 is 0 Å². The predicted molar refractivity (Wildman–Crippen MR) is 74.0 cm³/mol. The summed E-state index contributed by atoms with van der Waals surface area (Å²) in [6, 6.07) is 0. The molecule has 1 N–H and O–H groups in total. The van der Waals surface area contributed by atoms with E-state index in [-0.39, 0.29) is 24.8 Å². The molecule has 2 aliphatic rings. The lowest BCUT2D eigenvalue weighted by Gasteiger charge is -2.33. The summed E-state index contributed by atoms with van der Waals surface area (Å²) in [5, 5.41) is 3.28. The average Bonchev–Trinajstić information content (AvgIpc) is 2.40. The van der Waals surface area contributed by atoms with Crippen molar-refractivity contribution in [3.63, 3.8) is 0 Å². The van der Waals surface area contributed by atoms with E-state index in [1.54, 1.807) is 0 Å². The molecule has 1 saturated heterocycles. The Morgan fingerprint density at radius 2 is 1.74 bits per heavy atom. The van der Waals surface area contributed by atoms with Crippen molar-refractivity contribution in [3.8, 4) is 0 Å². The van der Waals surface area contributed by atoms with Crippen molar-refractivity contribution < 1.29 is 14.3 Å². The molecular weight excluding hydrogens is 242 g/mol. The number of carbonyl (C=O) groups excluding carboxylic acids is 1. The maximum Gasteiger partial charge on any atom is 0.332 e. The zero-order valence-corrected chi connectivity index (χ0v) is 12.2. The highest BCUT2D eigenvalue weighted by Gasteiger charge is 2.28. The largest absolute Gasteiger partial charge is 0.461 e. The summed E-state index contributed by atoms with van der Waals surface area (Å²) in [5.41, 5.74) is 0.411. The minimum Gasteiger partial charge on any atom is -0.461 e. The molecule has 0 unspecified atom stereocenters. The molecule has 0 amide bonds. The van der Waals surface area contributed by atoms with Crippen LogP contribution >= 0.6 is 0 Å². The van der Waals surface area contributed by atoms with Crippen molar-refractivity contribution in [2.45, 2.75) is 64.6 Å². The molecule has 0 spiro atoms. The van der Waals surface area contributed by atoms with E-state index in [9.17, 15) is 4.79 Å². The molecule has 0 radical (unpaired) electrons. The second-order valence-corrected chi connectivity index (χ2v) is 6.61. The first-order valence-corrected chi connectivity index (χ1v) is 7.57. The van der Waals surface area contributed by atoms with Crippen LogP contribution in [-0.2, 0) is 14.3 Å². The quantitative estimate of drug-likeness (QED) is 0.795. The molecule has 0 bridgehead atoms. The van der Waals surface area contributed by atoms with E-state index in [0.29, 0.717) is 5.41 Å². The van der Waals surface area contributed by atoms with Gasteiger partial charge in [0.1, 0.15) is 12.7 Å². The van der Waals surface area contributed by atoms with Crippen LogP contribution in [0.3, 0.4) is 0 Å². The summed E-state index contributed by atoms with van der Waals surface area (Å²) in [7, 11) is 0. The smallest absolute Gasteiger partial charge is 0.332 e. The molecule has 0 aromatic rings. The van der Waals surface area contributed by atoms with Gasteiger partial charge in [0.2, 0.25) is 0 Å². The average molecular weight is 269 g/mol. The molecule has 2 rings (SSSR count). The highest BCUT2D eigenvalue weighted by molar-refractivity contribution is 5.70. The zero-order chi connectivity index (χ0) is 13.7. The van der Waals surface area contributed by atoms with Gasteiger partial charge in [-0.2, -0.15) is 0 Å². The van der Waals surface area contributed by atoms with Gasteiger partial charge in [0.15, 0.2) is 0 Å². The minimum atomic E-state index is -0.191. The van der Waals surface area contributed by atoms with Gasteiger partial charge in [-0.3, -0.25) is 0 Å². The summed E-state index contributed by atoms with van der Waals surface area (Å²) in [6.07, 6.45) is 6.57. The number of piperidine rings is 1. The molecule has 0 atom stereocenters. The molecule has 1 aliphatic carbocycles. The Hall–Kier alpha value is -0.610. The van der Waals surface area contributed by atoms with E-state index in [0.717, 1.165) is 51.6 Å². The van der Waals surface area contributed by atoms with Crippen LogP contribution in [0.25, 0.3) is 0 Å². The Morgan fingerprint density at radius 3 is 2.37 bits per heavy atom. The van der Waals surface area contributed by atoms with E-state index >= 15 is 0 Å². The SMILES string of the molecule is CC1(C)CCC(OC(=O)COC2CCNCC2)CC1. The molecule has 1 heterocycles. The maximum atomic E-state index is 11.8. The Morgan fingerprint density at radius 1 is 1.11 bits per heavy atom. The fourth-order valence-electron chi connectivity index (χ4n) is 2.86. The van der Waals surface area contributed by atoms with Crippen LogP contribution in [0.1, 0.15) is 52.4 Å². The monoisotopic (exact) mass is 269 g/mol. The Kier molecular flexibility index (Phi) is 5.22. The minimum absolute atomic E-state index is 0.108. The van der Waals surface area contributed by atoms with Crippen LogP contribution in [0, 0.1) is 5.41 Å². The van der Waals surface area contributed by atoms with E-state index in [2.05, 4.69) is 19.2 Å². The molecular formula is C15H27NO3. The first kappa shape index (κ1) is 14.8. The fourth-order valence-corrected chi connectivity index (χ4v) is 2.86. The predicted octanol–water partition coefficient (Wildman–Crippen LogP) is 2.27. The fraction of sp³-hybridized carbons (Fsp3) is 0.933. The van der Waals surface area contributed by atoms with E-state index in [1.807, 2.05) is 0 Å². The van der Waals surface area contributed by atoms with Gasteiger partial charge in [0, 0.05) is 0 Å². The van der Waals surface area contributed by atoms with Crippen LogP contribution in [0.5, 0.6) is 0 Å². The number of esters is 1. The summed E-state index contributed by atoms with van der Waals surface area (Å²) < 4.78 is 11.1. The molecule has 19 heavy (non-hydrogen) atoms. The van der Waals surface area contributed by atoms with Crippen LogP contribution in [0.15, 0.2) is 0 Å². The van der Waals surface area contributed by atoms with Gasteiger partial charge in [-0.05, 0) is 57.0 Å². The third-order valence-electron chi connectivity index (χ3n) is 4.31. The van der Waals surface area contributed by atoms with Crippen molar-refractivity contribution in [1.82, 2.24) is 5.32 Å². The molecule has 0 aromatic carbocycles. The van der Waals surface area contributed by atoms with Gasteiger partial charge in [-0.15, -0.1) is 0 Å². The summed E-state index contributed by atoms with van der Waals surface area (Å²) in [4.78, 5) is 11.8. The van der Waals surface area contributed by atoms with E-state index in [1.165, 1.54) is 0 Å². The van der Waals surface area contributed by atoms with Gasteiger partial charge >= 0.3 is 5.97 Å². The molecule has 1 saturated carbocycles. The molecule has 0 aromatic heterocycles. The normalized spacial score (nSPS) is 25.2. The first-order chi connectivity index (χ1) is 9.05. The summed E-state index contributed by atoms with van der Waals surface area (Å²) in [6.45, 7) is 6.65. The van der Waals surface area contributed by atoms with Crippen LogP contribution < -0.4 is 5.32 Å². The van der Waals surface area contributed by atoms with E-state index in [4.69, 9.17) is 9.47 Å². The van der Waals surface area contributed by atoms with Gasteiger partial charge < -0.3 is 14.8 Å². The second kappa shape index (κ2) is 6.71. The topological polar surface area (TPSA) is 47.6 Å².